The molecule has 0 radical (unpaired) electrons. The highest BCUT2D eigenvalue weighted by molar-refractivity contribution is 5.85. The maximum Gasteiger partial charge on any atom is 0.222 e. The lowest BCUT2D eigenvalue weighted by Crippen LogP contribution is -2.40. The zero-order chi connectivity index (χ0) is 13.2. The number of hydrogen-bond donors (Lipinski definition) is 1. The molecule has 0 aromatic rings. The van der Waals surface area contributed by atoms with Crippen molar-refractivity contribution in [2.24, 2.45) is 5.92 Å². The Hall–Kier alpha value is -0.320. The molecule has 1 N–H and O–H groups in total. The molecule has 114 valence electrons. The molecule has 19 heavy (non-hydrogen) atoms. The minimum absolute atomic E-state index is 0. The van der Waals surface area contributed by atoms with Crippen LogP contribution in [0.5, 0.6) is 0 Å². The van der Waals surface area contributed by atoms with Crippen LogP contribution in [0.2, 0.25) is 0 Å². The van der Waals surface area contributed by atoms with Gasteiger partial charge in [0.15, 0.2) is 0 Å². The number of nitrogens with one attached hydrogen (secondary N) is 1. The lowest BCUT2D eigenvalue weighted by Gasteiger charge is -2.32. The van der Waals surface area contributed by atoms with Crippen LogP contribution in [0.1, 0.15) is 39.0 Å². The van der Waals surface area contributed by atoms with Crippen molar-refractivity contribution in [1.82, 2.24) is 10.2 Å². The third-order valence-electron chi connectivity index (χ3n) is 3.64. The van der Waals surface area contributed by atoms with Gasteiger partial charge in [0.1, 0.15) is 0 Å². The molecule has 0 aliphatic carbocycles. The molecule has 0 atom stereocenters. The van der Waals surface area contributed by atoms with Crippen molar-refractivity contribution in [2.45, 2.75) is 39.0 Å². The van der Waals surface area contributed by atoms with Crippen LogP contribution < -0.4 is 5.32 Å². The van der Waals surface area contributed by atoms with Crippen LogP contribution in [0.4, 0.5) is 0 Å². The Kier molecular flexibility index (Phi) is 11.3. The summed E-state index contributed by atoms with van der Waals surface area (Å²) in [4.78, 5) is 14.0. The molecule has 4 nitrogen and oxygen atoms in total. The van der Waals surface area contributed by atoms with E-state index in [1.54, 1.807) is 7.11 Å². The first-order chi connectivity index (χ1) is 8.77. The van der Waals surface area contributed by atoms with Gasteiger partial charge >= 0.3 is 0 Å². The molecule has 1 aliphatic rings. The van der Waals surface area contributed by atoms with E-state index < -0.39 is 0 Å². The number of unbranched alkanes of at least 4 members (excludes halogenated alkanes) is 1. The van der Waals surface area contributed by atoms with Gasteiger partial charge in [-0.15, -0.1) is 12.4 Å². The van der Waals surface area contributed by atoms with Crippen molar-refractivity contribution < 1.29 is 9.53 Å². The van der Waals surface area contributed by atoms with Crippen molar-refractivity contribution in [3.8, 4) is 0 Å². The molecule has 1 fully saturated rings. The fourth-order valence-corrected chi connectivity index (χ4v) is 2.42. The van der Waals surface area contributed by atoms with E-state index in [1.165, 1.54) is 0 Å². The predicted molar refractivity (Wildman–Crippen MR) is 80.8 cm³/mol. The number of likely N-dealkylation sites (tertiary alicyclic amines) is 1. The van der Waals surface area contributed by atoms with Gasteiger partial charge in [0.2, 0.25) is 5.91 Å². The van der Waals surface area contributed by atoms with Crippen LogP contribution >= 0.6 is 12.4 Å². The monoisotopic (exact) mass is 292 g/mol. The number of amides is 1. The first kappa shape index (κ1) is 18.7. The van der Waals surface area contributed by atoms with Crippen molar-refractivity contribution in [2.75, 3.05) is 39.9 Å². The minimum Gasteiger partial charge on any atom is -0.385 e. The first-order valence-corrected chi connectivity index (χ1v) is 7.25. The molecular formula is C14H29ClN2O2. The van der Waals surface area contributed by atoms with Gasteiger partial charge in [-0.05, 0) is 44.7 Å². The number of carbonyl (C=O) groups is 1. The van der Waals surface area contributed by atoms with Crippen molar-refractivity contribution in [3.63, 3.8) is 0 Å². The molecule has 1 aliphatic heterocycles. The van der Waals surface area contributed by atoms with Crippen LogP contribution in [0.25, 0.3) is 0 Å². The van der Waals surface area contributed by atoms with Gasteiger partial charge in [-0.3, -0.25) is 4.79 Å². The highest BCUT2D eigenvalue weighted by Gasteiger charge is 2.21. The van der Waals surface area contributed by atoms with E-state index >= 15 is 0 Å². The van der Waals surface area contributed by atoms with Crippen LogP contribution in [0.15, 0.2) is 0 Å². The largest absolute Gasteiger partial charge is 0.385 e. The molecule has 0 spiro atoms. The Morgan fingerprint density at radius 2 is 2.00 bits per heavy atom. The fourth-order valence-electron chi connectivity index (χ4n) is 2.42. The summed E-state index contributed by atoms with van der Waals surface area (Å²) in [5.41, 5.74) is 0. The van der Waals surface area contributed by atoms with Crippen molar-refractivity contribution in [1.29, 1.82) is 0 Å². The number of methoxy groups -OCH3 is 1. The number of piperidine rings is 1. The lowest BCUT2D eigenvalue weighted by atomic mass is 9.96. The summed E-state index contributed by atoms with van der Waals surface area (Å²) in [5, 5.41) is 3.39. The second-order valence-electron chi connectivity index (χ2n) is 5.08. The average molecular weight is 293 g/mol. The molecule has 0 aromatic carbocycles. The molecule has 1 amide bonds. The van der Waals surface area contributed by atoms with E-state index in [1.807, 2.05) is 4.90 Å². The smallest absolute Gasteiger partial charge is 0.222 e. The molecule has 0 unspecified atom stereocenters. The average Bonchev–Trinajstić information content (AvgIpc) is 2.41. The van der Waals surface area contributed by atoms with Gasteiger partial charge in [0.25, 0.3) is 0 Å². The van der Waals surface area contributed by atoms with Crippen LogP contribution in [0.3, 0.4) is 0 Å². The molecule has 0 bridgehead atoms. The topological polar surface area (TPSA) is 41.6 Å². The van der Waals surface area contributed by atoms with E-state index in [0.29, 0.717) is 12.3 Å². The number of halogens is 1. The molecule has 1 rings (SSSR count). The summed E-state index contributed by atoms with van der Waals surface area (Å²) < 4.78 is 4.99. The van der Waals surface area contributed by atoms with Gasteiger partial charge in [-0.2, -0.15) is 0 Å². The molecule has 0 aromatic heterocycles. The third-order valence-corrected chi connectivity index (χ3v) is 3.64. The molecule has 1 saturated heterocycles. The summed E-state index contributed by atoms with van der Waals surface area (Å²) in [6.07, 6.45) is 4.91. The summed E-state index contributed by atoms with van der Waals surface area (Å²) >= 11 is 0. The highest BCUT2D eigenvalue weighted by Crippen LogP contribution is 2.17. The van der Waals surface area contributed by atoms with Crippen molar-refractivity contribution >= 4 is 18.3 Å². The van der Waals surface area contributed by atoms with E-state index in [2.05, 4.69) is 12.2 Å². The Morgan fingerprint density at radius 3 is 2.58 bits per heavy atom. The van der Waals surface area contributed by atoms with E-state index in [4.69, 9.17) is 4.74 Å². The van der Waals surface area contributed by atoms with E-state index in [9.17, 15) is 4.79 Å². The zero-order valence-corrected chi connectivity index (χ0v) is 13.1. The number of carbonyl (C=O) groups excluding carboxylic acids is 1. The van der Waals surface area contributed by atoms with Gasteiger partial charge in [-0.25, -0.2) is 0 Å². The second kappa shape index (κ2) is 11.5. The van der Waals surface area contributed by atoms with E-state index in [-0.39, 0.29) is 12.4 Å². The van der Waals surface area contributed by atoms with E-state index in [0.717, 1.165) is 64.4 Å². The Morgan fingerprint density at radius 1 is 1.32 bits per heavy atom. The van der Waals surface area contributed by atoms with Crippen molar-refractivity contribution in [3.05, 3.63) is 0 Å². The molecule has 5 heteroatoms. The predicted octanol–water partition coefficient (Wildman–Crippen LogP) is 2.07. The quantitative estimate of drug-likeness (QED) is 0.697. The Labute approximate surface area is 123 Å². The molecular weight excluding hydrogens is 264 g/mol. The summed E-state index contributed by atoms with van der Waals surface area (Å²) in [6.45, 7) is 6.93. The summed E-state index contributed by atoms with van der Waals surface area (Å²) in [7, 11) is 1.71. The maximum atomic E-state index is 12.0. The first-order valence-electron chi connectivity index (χ1n) is 7.25. The standard InChI is InChI=1S/C14H28N2O2.ClH/c1-3-15-12-13-7-9-16(10-8-13)14(17)6-4-5-11-18-2;/h13,15H,3-12H2,1-2H3;1H. The fraction of sp³-hybridized carbons (Fsp3) is 0.929. The molecule has 1 heterocycles. The lowest BCUT2D eigenvalue weighted by molar-refractivity contribution is -0.132. The van der Waals surface area contributed by atoms with Gasteiger partial charge in [0.05, 0.1) is 0 Å². The minimum atomic E-state index is 0. The number of hydrogen-bond acceptors (Lipinski definition) is 3. The number of rotatable bonds is 8. The van der Waals surface area contributed by atoms with Crippen LogP contribution in [-0.2, 0) is 9.53 Å². The number of ether oxygens (including phenoxy) is 1. The zero-order valence-electron chi connectivity index (χ0n) is 12.3. The molecule has 0 saturated carbocycles. The SMILES string of the molecule is CCNCC1CCN(C(=O)CCCCOC)CC1.Cl. The van der Waals surface area contributed by atoms with Crippen LogP contribution in [-0.4, -0.2) is 50.7 Å². The highest BCUT2D eigenvalue weighted by atomic mass is 35.5. The Bertz CT molecular complexity index is 231. The van der Waals surface area contributed by atoms with Gasteiger partial charge in [-0.1, -0.05) is 6.92 Å². The van der Waals surface area contributed by atoms with Crippen LogP contribution in [0, 0.1) is 5.92 Å². The van der Waals surface area contributed by atoms with Gasteiger partial charge < -0.3 is 15.0 Å². The third kappa shape index (κ3) is 7.75. The second-order valence-corrected chi connectivity index (χ2v) is 5.08. The maximum absolute atomic E-state index is 12.0. The number of nitrogens with zero attached hydrogens (tertiary/aromatic N) is 1. The normalized spacial score (nSPS) is 16.2. The van der Waals surface area contributed by atoms with Gasteiger partial charge in [0, 0.05) is 33.2 Å². The Balaban J connectivity index is 0.00000324. The summed E-state index contributed by atoms with van der Waals surface area (Å²) in [6, 6.07) is 0. The summed E-state index contributed by atoms with van der Waals surface area (Å²) in [5.74, 6) is 1.08.